The number of aromatic nitrogens is 2. The Bertz CT molecular complexity index is 983. The number of carbonyl (C=O) groups is 1. The van der Waals surface area contributed by atoms with Gasteiger partial charge in [-0.25, -0.2) is 0 Å². The maximum absolute atomic E-state index is 13.3. The summed E-state index contributed by atoms with van der Waals surface area (Å²) in [6.45, 7) is 5.50. The second-order valence-electron chi connectivity index (χ2n) is 6.75. The molecule has 4 rings (SSSR count). The Morgan fingerprint density at radius 2 is 2.07 bits per heavy atom. The van der Waals surface area contributed by atoms with Crippen LogP contribution in [0.25, 0.3) is 10.8 Å². The van der Waals surface area contributed by atoms with Gasteiger partial charge in [0.05, 0.1) is 43.0 Å². The molecule has 0 spiro atoms. The normalized spacial score (nSPS) is 14.0. The number of anilines is 1. The van der Waals surface area contributed by atoms with Crippen molar-refractivity contribution < 1.29 is 18.7 Å². The predicted molar refractivity (Wildman–Crippen MR) is 114 cm³/mol. The number of carbonyl (C=O) groups excluding carboxylic acids is 1. The molecule has 3 heterocycles. The molecule has 1 aromatic carbocycles. The zero-order valence-electron chi connectivity index (χ0n) is 17.0. The molecule has 0 bridgehead atoms. The smallest absolute Gasteiger partial charge is 0.258 e. The van der Waals surface area contributed by atoms with Crippen molar-refractivity contribution in [3.8, 4) is 16.5 Å². The van der Waals surface area contributed by atoms with Crippen LogP contribution in [-0.4, -0.2) is 61.0 Å². The average molecular weight is 429 g/mol. The molecule has 1 aliphatic heterocycles. The van der Waals surface area contributed by atoms with E-state index in [9.17, 15) is 4.79 Å². The van der Waals surface area contributed by atoms with E-state index in [1.54, 1.807) is 18.1 Å². The number of rotatable bonds is 7. The minimum Gasteiger partial charge on any atom is -0.494 e. The monoisotopic (exact) mass is 428 g/mol. The van der Waals surface area contributed by atoms with E-state index < -0.39 is 0 Å². The molecule has 0 radical (unpaired) electrons. The summed E-state index contributed by atoms with van der Waals surface area (Å²) >= 11 is 1.53. The quantitative estimate of drug-likeness (QED) is 0.571. The summed E-state index contributed by atoms with van der Waals surface area (Å²) in [7, 11) is 1.59. The van der Waals surface area contributed by atoms with Crippen LogP contribution in [-0.2, 0) is 11.3 Å². The fraction of sp³-hybridized carbons (Fsp3) is 0.381. The summed E-state index contributed by atoms with van der Waals surface area (Å²) in [6, 6.07) is 9.50. The van der Waals surface area contributed by atoms with Crippen molar-refractivity contribution >= 4 is 22.9 Å². The van der Waals surface area contributed by atoms with Gasteiger partial charge in [-0.1, -0.05) is 12.1 Å². The molecule has 158 valence electrons. The molecular formula is C21H24N4O4S. The van der Waals surface area contributed by atoms with E-state index in [0.29, 0.717) is 42.9 Å². The van der Waals surface area contributed by atoms with Gasteiger partial charge in [0, 0.05) is 19.6 Å². The SMILES string of the molecule is CCN(Cc1nnc(-c2cccs2)o1)C(=O)c1cccc(N2CCOCC2)c1OC. The first-order chi connectivity index (χ1) is 14.7. The van der Waals surface area contributed by atoms with E-state index in [1.165, 1.54) is 11.3 Å². The lowest BCUT2D eigenvalue weighted by Crippen LogP contribution is -2.37. The van der Waals surface area contributed by atoms with Gasteiger partial charge in [0.25, 0.3) is 11.8 Å². The molecule has 1 amide bonds. The highest BCUT2D eigenvalue weighted by molar-refractivity contribution is 7.13. The molecule has 1 fully saturated rings. The van der Waals surface area contributed by atoms with Crippen LogP contribution < -0.4 is 9.64 Å². The van der Waals surface area contributed by atoms with Gasteiger partial charge in [0.1, 0.15) is 0 Å². The molecule has 1 aliphatic rings. The number of morpholine rings is 1. The summed E-state index contributed by atoms with van der Waals surface area (Å²) in [6.07, 6.45) is 0. The van der Waals surface area contributed by atoms with Gasteiger partial charge in [-0.05, 0) is 30.5 Å². The summed E-state index contributed by atoms with van der Waals surface area (Å²) < 4.78 is 16.9. The van der Waals surface area contributed by atoms with Crippen molar-refractivity contribution in [2.24, 2.45) is 0 Å². The van der Waals surface area contributed by atoms with Crippen molar-refractivity contribution in [1.29, 1.82) is 0 Å². The van der Waals surface area contributed by atoms with Crippen LogP contribution >= 0.6 is 11.3 Å². The number of hydrogen-bond donors (Lipinski definition) is 0. The third-order valence-electron chi connectivity index (χ3n) is 4.97. The van der Waals surface area contributed by atoms with Crippen LogP contribution in [0.1, 0.15) is 23.2 Å². The van der Waals surface area contributed by atoms with Gasteiger partial charge < -0.3 is 23.7 Å². The molecule has 0 aliphatic carbocycles. The number of ether oxygens (including phenoxy) is 2. The van der Waals surface area contributed by atoms with E-state index in [2.05, 4.69) is 15.1 Å². The lowest BCUT2D eigenvalue weighted by atomic mass is 10.1. The van der Waals surface area contributed by atoms with Crippen LogP contribution in [0, 0.1) is 0 Å². The Labute approximate surface area is 179 Å². The standard InChI is InChI=1S/C21H24N4O4S/c1-3-24(14-18-22-23-20(29-18)17-8-5-13-30-17)21(26)15-6-4-7-16(19(15)27-2)25-9-11-28-12-10-25/h4-8,13H,3,9-12,14H2,1-2H3. The molecule has 0 saturated carbocycles. The van der Waals surface area contributed by atoms with Gasteiger partial charge in [0.15, 0.2) is 5.75 Å². The Morgan fingerprint density at radius 1 is 1.23 bits per heavy atom. The van der Waals surface area contributed by atoms with Gasteiger partial charge in [-0.2, -0.15) is 0 Å². The zero-order chi connectivity index (χ0) is 20.9. The van der Waals surface area contributed by atoms with Crippen LogP contribution in [0.5, 0.6) is 5.75 Å². The number of thiophene rings is 1. The highest BCUT2D eigenvalue weighted by Crippen LogP contribution is 2.33. The van der Waals surface area contributed by atoms with Crippen LogP contribution in [0.4, 0.5) is 5.69 Å². The molecule has 30 heavy (non-hydrogen) atoms. The Hall–Kier alpha value is -2.91. The lowest BCUT2D eigenvalue weighted by Gasteiger charge is -2.31. The Kier molecular flexibility index (Phi) is 6.29. The lowest BCUT2D eigenvalue weighted by molar-refractivity contribution is 0.0735. The van der Waals surface area contributed by atoms with Gasteiger partial charge in [-0.3, -0.25) is 4.79 Å². The van der Waals surface area contributed by atoms with Crippen molar-refractivity contribution in [2.75, 3.05) is 44.9 Å². The topological polar surface area (TPSA) is 80.9 Å². The van der Waals surface area contributed by atoms with E-state index in [1.807, 2.05) is 36.6 Å². The minimum atomic E-state index is -0.139. The number of methoxy groups -OCH3 is 1. The summed E-state index contributed by atoms with van der Waals surface area (Å²) in [5, 5.41) is 10.2. The molecule has 1 saturated heterocycles. The molecule has 0 unspecified atom stereocenters. The molecule has 3 aromatic rings. The molecule has 8 nitrogen and oxygen atoms in total. The number of benzene rings is 1. The van der Waals surface area contributed by atoms with Crippen molar-refractivity contribution in [2.45, 2.75) is 13.5 Å². The summed E-state index contributed by atoms with van der Waals surface area (Å²) in [5.41, 5.74) is 1.42. The first-order valence-corrected chi connectivity index (χ1v) is 10.7. The molecular weight excluding hydrogens is 404 g/mol. The van der Waals surface area contributed by atoms with Crippen molar-refractivity contribution in [1.82, 2.24) is 15.1 Å². The summed E-state index contributed by atoms with van der Waals surface area (Å²) in [5.74, 6) is 1.31. The van der Waals surface area contributed by atoms with Crippen molar-refractivity contribution in [3.63, 3.8) is 0 Å². The maximum Gasteiger partial charge on any atom is 0.258 e. The van der Waals surface area contributed by atoms with Crippen LogP contribution in [0.3, 0.4) is 0 Å². The third kappa shape index (κ3) is 4.17. The fourth-order valence-corrected chi connectivity index (χ4v) is 4.08. The highest BCUT2D eigenvalue weighted by Gasteiger charge is 2.25. The summed E-state index contributed by atoms with van der Waals surface area (Å²) in [4.78, 5) is 18.1. The maximum atomic E-state index is 13.3. The largest absolute Gasteiger partial charge is 0.494 e. The van der Waals surface area contributed by atoms with Gasteiger partial charge >= 0.3 is 0 Å². The van der Waals surface area contributed by atoms with Gasteiger partial charge in [-0.15, -0.1) is 21.5 Å². The number of amides is 1. The fourth-order valence-electron chi connectivity index (χ4n) is 3.44. The Balaban J connectivity index is 1.56. The third-order valence-corrected chi connectivity index (χ3v) is 5.83. The molecule has 0 atom stereocenters. The van der Waals surface area contributed by atoms with E-state index in [-0.39, 0.29) is 12.5 Å². The van der Waals surface area contributed by atoms with E-state index in [4.69, 9.17) is 13.9 Å². The number of nitrogens with zero attached hydrogens (tertiary/aromatic N) is 4. The average Bonchev–Trinajstić information content (AvgIpc) is 3.49. The van der Waals surface area contributed by atoms with Gasteiger partial charge in [0.2, 0.25) is 5.89 Å². The zero-order valence-corrected chi connectivity index (χ0v) is 17.9. The number of hydrogen-bond acceptors (Lipinski definition) is 8. The second-order valence-corrected chi connectivity index (χ2v) is 7.70. The first kappa shape index (κ1) is 20.4. The Morgan fingerprint density at radius 3 is 2.77 bits per heavy atom. The highest BCUT2D eigenvalue weighted by atomic mass is 32.1. The predicted octanol–water partition coefficient (Wildman–Crippen LogP) is 3.31. The van der Waals surface area contributed by atoms with Crippen LogP contribution in [0.15, 0.2) is 40.1 Å². The number of para-hydroxylation sites is 1. The van der Waals surface area contributed by atoms with Crippen molar-refractivity contribution in [3.05, 3.63) is 47.2 Å². The van der Waals surface area contributed by atoms with Crippen LogP contribution in [0.2, 0.25) is 0 Å². The van der Waals surface area contributed by atoms with E-state index in [0.717, 1.165) is 23.7 Å². The van der Waals surface area contributed by atoms with E-state index >= 15 is 0 Å². The first-order valence-electron chi connectivity index (χ1n) is 9.86. The molecule has 2 aromatic heterocycles. The second kappa shape index (κ2) is 9.27. The molecule has 0 N–H and O–H groups in total. The minimum absolute atomic E-state index is 0.139. The molecule has 9 heteroatoms.